The number of carbonyl (C=O) groups excluding carboxylic acids is 1. The molecule has 17 heavy (non-hydrogen) atoms. The highest BCUT2D eigenvalue weighted by Gasteiger charge is 1.90. The van der Waals surface area contributed by atoms with Crippen LogP contribution < -0.4 is 0 Å². The van der Waals surface area contributed by atoms with Gasteiger partial charge < -0.3 is 4.79 Å². The van der Waals surface area contributed by atoms with E-state index in [0.717, 1.165) is 0 Å². The van der Waals surface area contributed by atoms with Crippen LogP contribution in [0.2, 0.25) is 0 Å². The summed E-state index contributed by atoms with van der Waals surface area (Å²) in [4.78, 5) is 8.00. The van der Waals surface area contributed by atoms with Gasteiger partial charge in [-0.05, 0) is 18.4 Å². The van der Waals surface area contributed by atoms with Crippen molar-refractivity contribution < 1.29 is 4.79 Å². The standard InChI is InChI=1S/C12H18.C3H8.CH2O/c1-2-3-4-6-9-12-10-7-5-8-11-12;1-3-2;1-2/h5,7-8,10-11H,2-4,6,9H2,1H3;3H2,1-2H3;1H2. The number of hydrogen-bond acceptors (Lipinski definition) is 1. The summed E-state index contributed by atoms with van der Waals surface area (Å²) in [5.41, 5.74) is 1.48. The van der Waals surface area contributed by atoms with E-state index in [-0.39, 0.29) is 0 Å². The van der Waals surface area contributed by atoms with Gasteiger partial charge in [0.1, 0.15) is 6.79 Å². The minimum atomic E-state index is 1.25. The Labute approximate surface area is 107 Å². The molecule has 0 N–H and O–H groups in total. The Bertz CT molecular complexity index is 218. The maximum absolute atomic E-state index is 8.00. The fraction of sp³-hybridized carbons (Fsp3) is 0.562. The second-order valence-corrected chi connectivity index (χ2v) is 4.00. The van der Waals surface area contributed by atoms with Crippen molar-refractivity contribution in [2.75, 3.05) is 0 Å². The highest BCUT2D eigenvalue weighted by Crippen LogP contribution is 2.06. The molecule has 0 heterocycles. The van der Waals surface area contributed by atoms with E-state index in [1.165, 1.54) is 44.1 Å². The van der Waals surface area contributed by atoms with Crippen molar-refractivity contribution in [1.29, 1.82) is 0 Å². The molecule has 1 nitrogen and oxygen atoms in total. The molecule has 1 rings (SSSR count). The molecule has 0 saturated carbocycles. The minimum absolute atomic E-state index is 1.25. The number of hydrogen-bond donors (Lipinski definition) is 0. The third-order valence-electron chi connectivity index (χ3n) is 2.16. The lowest BCUT2D eigenvalue weighted by molar-refractivity contribution is -0.0979. The predicted molar refractivity (Wildman–Crippen MR) is 77.4 cm³/mol. The summed E-state index contributed by atoms with van der Waals surface area (Å²) in [6.45, 7) is 8.50. The molecule has 0 bridgehead atoms. The molecular formula is C16H28O. The number of aryl methyl sites for hydroxylation is 1. The highest BCUT2D eigenvalue weighted by atomic mass is 16.1. The smallest absolute Gasteiger partial charge is 0.106 e. The summed E-state index contributed by atoms with van der Waals surface area (Å²) in [5, 5.41) is 0. The monoisotopic (exact) mass is 236 g/mol. The van der Waals surface area contributed by atoms with Crippen LogP contribution in [-0.4, -0.2) is 6.79 Å². The third-order valence-corrected chi connectivity index (χ3v) is 2.16. The molecule has 0 amide bonds. The maximum atomic E-state index is 8.00. The zero-order chi connectivity index (χ0) is 13.4. The Morgan fingerprint density at radius 3 is 1.88 bits per heavy atom. The van der Waals surface area contributed by atoms with Crippen LogP contribution in [0.25, 0.3) is 0 Å². The molecule has 0 aliphatic heterocycles. The summed E-state index contributed by atoms with van der Waals surface area (Å²) >= 11 is 0. The van der Waals surface area contributed by atoms with Crippen LogP contribution in [-0.2, 0) is 11.2 Å². The van der Waals surface area contributed by atoms with E-state index in [9.17, 15) is 0 Å². The topological polar surface area (TPSA) is 17.1 Å². The van der Waals surface area contributed by atoms with Crippen LogP contribution in [0.3, 0.4) is 0 Å². The molecule has 98 valence electrons. The van der Waals surface area contributed by atoms with E-state index in [2.05, 4.69) is 51.1 Å². The Kier molecular flexibility index (Phi) is 18.6. The van der Waals surface area contributed by atoms with Gasteiger partial charge in [0.05, 0.1) is 0 Å². The van der Waals surface area contributed by atoms with Crippen LogP contribution in [0, 0.1) is 0 Å². The van der Waals surface area contributed by atoms with Crippen molar-refractivity contribution in [3.8, 4) is 0 Å². The Morgan fingerprint density at radius 2 is 1.41 bits per heavy atom. The van der Waals surface area contributed by atoms with Gasteiger partial charge in [-0.1, -0.05) is 76.8 Å². The molecule has 1 aromatic carbocycles. The minimum Gasteiger partial charge on any atom is -0.307 e. The molecule has 1 aromatic rings. The number of unbranched alkanes of at least 4 members (excludes halogenated alkanes) is 3. The average molecular weight is 236 g/mol. The molecule has 0 saturated heterocycles. The van der Waals surface area contributed by atoms with E-state index in [1.807, 2.05) is 6.79 Å². The quantitative estimate of drug-likeness (QED) is 0.654. The molecule has 0 aromatic heterocycles. The molecule has 0 atom stereocenters. The SMILES string of the molecule is C=O.CCC.CCCCCCc1ccccc1. The number of carbonyl (C=O) groups is 1. The van der Waals surface area contributed by atoms with Gasteiger partial charge in [-0.15, -0.1) is 0 Å². The van der Waals surface area contributed by atoms with E-state index < -0.39 is 0 Å². The van der Waals surface area contributed by atoms with E-state index in [0.29, 0.717) is 0 Å². The first kappa shape index (κ1) is 18.3. The van der Waals surface area contributed by atoms with Crippen LogP contribution >= 0.6 is 0 Å². The molecule has 1 heteroatoms. The van der Waals surface area contributed by atoms with Gasteiger partial charge in [-0.25, -0.2) is 0 Å². The van der Waals surface area contributed by atoms with E-state index >= 15 is 0 Å². The Balaban J connectivity index is 0. The fourth-order valence-electron chi connectivity index (χ4n) is 1.40. The van der Waals surface area contributed by atoms with E-state index in [4.69, 9.17) is 4.79 Å². The zero-order valence-electron chi connectivity index (χ0n) is 11.7. The Morgan fingerprint density at radius 1 is 0.882 bits per heavy atom. The van der Waals surface area contributed by atoms with Crippen molar-refractivity contribution in [3.63, 3.8) is 0 Å². The molecule has 0 fully saturated rings. The van der Waals surface area contributed by atoms with E-state index in [1.54, 1.807) is 0 Å². The number of rotatable bonds is 5. The van der Waals surface area contributed by atoms with Gasteiger partial charge in [0.25, 0.3) is 0 Å². The molecule has 0 radical (unpaired) electrons. The van der Waals surface area contributed by atoms with Crippen molar-refractivity contribution in [2.24, 2.45) is 0 Å². The van der Waals surface area contributed by atoms with Crippen molar-refractivity contribution in [1.82, 2.24) is 0 Å². The molecular weight excluding hydrogens is 208 g/mol. The Hall–Kier alpha value is -1.11. The summed E-state index contributed by atoms with van der Waals surface area (Å²) in [5.74, 6) is 0. The first-order valence-electron chi connectivity index (χ1n) is 6.67. The van der Waals surface area contributed by atoms with Gasteiger partial charge >= 0.3 is 0 Å². The maximum Gasteiger partial charge on any atom is 0.106 e. The number of benzene rings is 1. The normalized spacial score (nSPS) is 8.41. The summed E-state index contributed by atoms with van der Waals surface area (Å²) in [6.07, 6.45) is 7.94. The first-order valence-corrected chi connectivity index (χ1v) is 6.67. The van der Waals surface area contributed by atoms with Crippen LogP contribution in [0.15, 0.2) is 30.3 Å². The van der Waals surface area contributed by atoms with Crippen LogP contribution in [0.4, 0.5) is 0 Å². The predicted octanol–water partition coefficient (Wildman–Crippen LogP) is 5.04. The summed E-state index contributed by atoms with van der Waals surface area (Å²) in [6, 6.07) is 10.7. The van der Waals surface area contributed by atoms with Gasteiger partial charge in [0.2, 0.25) is 0 Å². The van der Waals surface area contributed by atoms with Gasteiger partial charge in [-0.3, -0.25) is 0 Å². The van der Waals surface area contributed by atoms with Crippen molar-refractivity contribution in [3.05, 3.63) is 35.9 Å². The summed E-state index contributed by atoms with van der Waals surface area (Å²) in [7, 11) is 0. The average Bonchev–Trinajstić information content (AvgIpc) is 2.39. The zero-order valence-corrected chi connectivity index (χ0v) is 11.7. The van der Waals surface area contributed by atoms with Crippen molar-refractivity contribution >= 4 is 6.79 Å². The second-order valence-electron chi connectivity index (χ2n) is 4.00. The molecule has 0 spiro atoms. The molecule has 0 aliphatic carbocycles. The largest absolute Gasteiger partial charge is 0.307 e. The fourth-order valence-corrected chi connectivity index (χ4v) is 1.40. The van der Waals surface area contributed by atoms with Gasteiger partial charge in [0.15, 0.2) is 0 Å². The van der Waals surface area contributed by atoms with Crippen LogP contribution in [0.1, 0.15) is 58.4 Å². The first-order chi connectivity index (χ1) is 8.35. The van der Waals surface area contributed by atoms with Gasteiger partial charge in [0, 0.05) is 0 Å². The van der Waals surface area contributed by atoms with Crippen molar-refractivity contribution in [2.45, 2.75) is 59.3 Å². The lowest BCUT2D eigenvalue weighted by Crippen LogP contribution is -1.84. The van der Waals surface area contributed by atoms with Gasteiger partial charge in [-0.2, -0.15) is 0 Å². The molecule has 0 unspecified atom stereocenters. The lowest BCUT2D eigenvalue weighted by Gasteiger charge is -1.99. The summed E-state index contributed by atoms with van der Waals surface area (Å²) < 4.78 is 0. The second kappa shape index (κ2) is 17.3. The molecule has 0 aliphatic rings. The van der Waals surface area contributed by atoms with Crippen LogP contribution in [0.5, 0.6) is 0 Å². The third kappa shape index (κ3) is 14.9. The lowest BCUT2D eigenvalue weighted by atomic mass is 10.1. The highest BCUT2D eigenvalue weighted by molar-refractivity contribution is 5.14.